The van der Waals surface area contributed by atoms with Crippen LogP contribution in [0.25, 0.3) is 0 Å². The molecule has 0 spiro atoms. The lowest BCUT2D eigenvalue weighted by Crippen LogP contribution is -2.25. The molecular weight excluding hydrogens is 292 g/mol. The number of carbonyl (C=O) groups excluding carboxylic acids is 1. The number of nitrogen functional groups attached to an aromatic ring is 1. The number of rotatable bonds is 7. The highest BCUT2D eigenvalue weighted by molar-refractivity contribution is 6.34. The first-order chi connectivity index (χ1) is 9.80. The fourth-order valence-corrected chi connectivity index (χ4v) is 2.17. The minimum atomic E-state index is -0.471. The van der Waals surface area contributed by atoms with Crippen molar-refractivity contribution in [3.8, 4) is 0 Å². The van der Waals surface area contributed by atoms with Crippen LogP contribution in [0.3, 0.4) is 0 Å². The van der Waals surface area contributed by atoms with E-state index in [4.69, 9.17) is 26.8 Å². The number of esters is 1. The molecule has 0 bridgehead atoms. The van der Waals surface area contributed by atoms with Crippen molar-refractivity contribution < 1.29 is 14.3 Å². The smallest absolute Gasteiger partial charge is 0.340 e. The van der Waals surface area contributed by atoms with Crippen LogP contribution in [0.5, 0.6) is 0 Å². The molecule has 1 aromatic rings. The van der Waals surface area contributed by atoms with E-state index in [1.807, 2.05) is 0 Å². The van der Waals surface area contributed by atoms with Gasteiger partial charge in [0, 0.05) is 25.9 Å². The van der Waals surface area contributed by atoms with Gasteiger partial charge in [0.1, 0.15) is 0 Å². The topological polar surface area (TPSA) is 73.6 Å². The van der Waals surface area contributed by atoms with E-state index in [0.717, 1.165) is 6.42 Å². The Labute approximate surface area is 130 Å². The van der Waals surface area contributed by atoms with Crippen LogP contribution < -0.4 is 11.1 Å². The van der Waals surface area contributed by atoms with Gasteiger partial charge in [-0.15, -0.1) is 0 Å². The Balaban J connectivity index is 2.94. The van der Waals surface area contributed by atoms with Crippen molar-refractivity contribution in [1.29, 1.82) is 0 Å². The van der Waals surface area contributed by atoms with Gasteiger partial charge in [-0.25, -0.2) is 4.79 Å². The zero-order chi connectivity index (χ0) is 16.0. The second-order valence-electron chi connectivity index (χ2n) is 5.68. The lowest BCUT2D eigenvalue weighted by Gasteiger charge is -2.26. The van der Waals surface area contributed by atoms with Gasteiger partial charge in [-0.05, 0) is 24.0 Å². The van der Waals surface area contributed by atoms with Crippen LogP contribution in [0.4, 0.5) is 11.4 Å². The molecule has 0 atom stereocenters. The van der Waals surface area contributed by atoms with E-state index in [0.29, 0.717) is 35.1 Å². The average Bonchev–Trinajstić information content (AvgIpc) is 2.42. The third-order valence-corrected chi connectivity index (χ3v) is 3.54. The first-order valence-corrected chi connectivity index (χ1v) is 7.08. The minimum absolute atomic E-state index is 0.00584. The first-order valence-electron chi connectivity index (χ1n) is 6.71. The van der Waals surface area contributed by atoms with E-state index >= 15 is 0 Å². The molecule has 0 amide bonds. The van der Waals surface area contributed by atoms with Crippen molar-refractivity contribution in [2.24, 2.45) is 5.41 Å². The fraction of sp³-hybridized carbons (Fsp3) is 0.533. The molecule has 118 valence electrons. The summed E-state index contributed by atoms with van der Waals surface area (Å²) in [6.45, 7) is 5.54. The highest BCUT2D eigenvalue weighted by atomic mass is 35.5. The molecule has 5 nitrogen and oxygen atoms in total. The van der Waals surface area contributed by atoms with Crippen molar-refractivity contribution >= 4 is 28.9 Å². The van der Waals surface area contributed by atoms with Gasteiger partial charge in [0.25, 0.3) is 0 Å². The molecule has 21 heavy (non-hydrogen) atoms. The molecule has 0 aromatic heterocycles. The van der Waals surface area contributed by atoms with E-state index in [9.17, 15) is 4.79 Å². The second-order valence-corrected chi connectivity index (χ2v) is 6.08. The van der Waals surface area contributed by atoms with Crippen LogP contribution in [0.1, 0.15) is 30.6 Å². The number of ether oxygens (including phenoxy) is 2. The Morgan fingerprint density at radius 3 is 2.62 bits per heavy atom. The summed E-state index contributed by atoms with van der Waals surface area (Å²) in [5.41, 5.74) is 7.03. The number of benzene rings is 1. The normalized spacial score (nSPS) is 11.3. The number of carbonyl (C=O) groups is 1. The average molecular weight is 315 g/mol. The van der Waals surface area contributed by atoms with Gasteiger partial charge >= 0.3 is 5.97 Å². The van der Waals surface area contributed by atoms with Gasteiger partial charge in [-0.3, -0.25) is 0 Å². The van der Waals surface area contributed by atoms with E-state index < -0.39 is 5.97 Å². The lowest BCUT2D eigenvalue weighted by molar-refractivity contribution is 0.0601. The van der Waals surface area contributed by atoms with Gasteiger partial charge < -0.3 is 20.5 Å². The van der Waals surface area contributed by atoms with E-state index in [-0.39, 0.29) is 5.41 Å². The Bertz CT molecular complexity index is 504. The largest absolute Gasteiger partial charge is 0.465 e. The summed E-state index contributed by atoms with van der Waals surface area (Å²) in [7, 11) is 3.00. The Hall–Kier alpha value is -1.46. The summed E-state index contributed by atoms with van der Waals surface area (Å²) in [6, 6.07) is 3.17. The van der Waals surface area contributed by atoms with Gasteiger partial charge in [0.15, 0.2) is 0 Å². The predicted octanol–water partition coefficient (Wildman–Crippen LogP) is 3.18. The van der Waals surface area contributed by atoms with Crippen LogP contribution in [0, 0.1) is 5.41 Å². The van der Waals surface area contributed by atoms with Crippen LogP contribution in [0.2, 0.25) is 5.02 Å². The van der Waals surface area contributed by atoms with Crippen LogP contribution in [-0.2, 0) is 9.47 Å². The van der Waals surface area contributed by atoms with E-state index in [2.05, 4.69) is 19.2 Å². The number of hydrogen-bond donors (Lipinski definition) is 2. The van der Waals surface area contributed by atoms with Gasteiger partial charge in [0.2, 0.25) is 0 Å². The zero-order valence-corrected chi connectivity index (χ0v) is 13.7. The fourth-order valence-electron chi connectivity index (χ4n) is 1.87. The molecule has 0 aliphatic carbocycles. The molecule has 0 saturated heterocycles. The number of anilines is 2. The van der Waals surface area contributed by atoms with Crippen LogP contribution in [0.15, 0.2) is 12.1 Å². The van der Waals surface area contributed by atoms with Crippen LogP contribution >= 0.6 is 11.6 Å². The standard InChI is InChI=1S/C15H23ClN2O3/c1-15(2,5-6-20-3)9-18-13-11(14(19)21-4)7-10(17)8-12(13)16/h7-8,18H,5-6,9,17H2,1-4H3. The number of nitrogens with one attached hydrogen (secondary N) is 1. The summed E-state index contributed by atoms with van der Waals surface area (Å²) < 4.78 is 9.87. The molecule has 6 heteroatoms. The molecule has 1 rings (SSSR count). The number of methoxy groups -OCH3 is 2. The van der Waals surface area contributed by atoms with Gasteiger partial charge in [-0.2, -0.15) is 0 Å². The van der Waals surface area contributed by atoms with Crippen molar-refractivity contribution in [2.75, 3.05) is 38.4 Å². The molecule has 0 unspecified atom stereocenters. The monoisotopic (exact) mass is 314 g/mol. The number of hydrogen-bond acceptors (Lipinski definition) is 5. The Morgan fingerprint density at radius 1 is 1.38 bits per heavy atom. The minimum Gasteiger partial charge on any atom is -0.465 e. The van der Waals surface area contributed by atoms with Crippen molar-refractivity contribution in [3.63, 3.8) is 0 Å². The molecular formula is C15H23ClN2O3. The number of halogens is 1. The quantitative estimate of drug-likeness (QED) is 0.597. The summed E-state index contributed by atoms with van der Waals surface area (Å²) in [5, 5.41) is 3.63. The Kier molecular flexibility index (Phi) is 6.30. The second kappa shape index (κ2) is 7.52. The maximum Gasteiger partial charge on any atom is 0.340 e. The van der Waals surface area contributed by atoms with Gasteiger partial charge in [-0.1, -0.05) is 25.4 Å². The van der Waals surface area contributed by atoms with Gasteiger partial charge in [0.05, 0.1) is 23.4 Å². The molecule has 0 heterocycles. The lowest BCUT2D eigenvalue weighted by atomic mass is 9.89. The summed E-state index contributed by atoms with van der Waals surface area (Å²) in [6.07, 6.45) is 0.886. The third kappa shape index (κ3) is 5.10. The SMILES string of the molecule is COCCC(C)(C)CNc1c(Cl)cc(N)cc1C(=O)OC. The summed E-state index contributed by atoms with van der Waals surface area (Å²) in [4.78, 5) is 11.8. The molecule has 0 saturated carbocycles. The maximum absolute atomic E-state index is 11.8. The van der Waals surface area contributed by atoms with E-state index in [1.54, 1.807) is 19.2 Å². The van der Waals surface area contributed by atoms with E-state index in [1.165, 1.54) is 7.11 Å². The Morgan fingerprint density at radius 2 is 2.05 bits per heavy atom. The molecule has 3 N–H and O–H groups in total. The summed E-state index contributed by atoms with van der Waals surface area (Å²) >= 11 is 6.19. The zero-order valence-electron chi connectivity index (χ0n) is 13.0. The first kappa shape index (κ1) is 17.6. The number of nitrogens with two attached hydrogens (primary N) is 1. The molecule has 0 radical (unpaired) electrons. The summed E-state index contributed by atoms with van der Waals surface area (Å²) in [5.74, 6) is -0.471. The maximum atomic E-state index is 11.8. The van der Waals surface area contributed by atoms with Crippen molar-refractivity contribution in [2.45, 2.75) is 20.3 Å². The predicted molar refractivity (Wildman–Crippen MR) is 86.0 cm³/mol. The molecule has 0 fully saturated rings. The highest BCUT2D eigenvalue weighted by Crippen LogP contribution is 2.31. The van der Waals surface area contributed by atoms with Crippen molar-refractivity contribution in [1.82, 2.24) is 0 Å². The third-order valence-electron chi connectivity index (χ3n) is 3.24. The highest BCUT2D eigenvalue weighted by Gasteiger charge is 2.21. The van der Waals surface area contributed by atoms with Crippen molar-refractivity contribution in [3.05, 3.63) is 22.7 Å². The molecule has 0 aliphatic rings. The van der Waals surface area contributed by atoms with Crippen LogP contribution in [-0.4, -0.2) is 33.3 Å². The molecule has 0 aliphatic heterocycles. The molecule has 1 aromatic carbocycles.